The Morgan fingerprint density at radius 3 is 2.14 bits per heavy atom. The first-order valence-electron chi connectivity index (χ1n) is 5.66. The third-order valence-corrected chi connectivity index (χ3v) is 3.01. The highest BCUT2D eigenvalue weighted by atomic mass is 35.5. The summed E-state index contributed by atoms with van der Waals surface area (Å²) in [7, 11) is 0. The van der Waals surface area contributed by atoms with Crippen LogP contribution in [0.2, 0.25) is 10.0 Å². The largest absolute Gasteiger partial charge is 0.573 e. The molecule has 2 aromatic carbocycles. The van der Waals surface area contributed by atoms with Gasteiger partial charge in [0.1, 0.15) is 5.75 Å². The molecule has 2 rings (SSSR count). The van der Waals surface area contributed by atoms with Crippen molar-refractivity contribution in [1.82, 2.24) is 0 Å². The normalized spacial score (nSPS) is 11.3. The van der Waals surface area contributed by atoms with Gasteiger partial charge in [0.25, 0.3) is 5.69 Å². The van der Waals surface area contributed by atoms with E-state index < -0.39 is 17.0 Å². The number of rotatable bonds is 3. The first-order valence-corrected chi connectivity index (χ1v) is 6.42. The van der Waals surface area contributed by atoms with Crippen molar-refractivity contribution in [2.75, 3.05) is 0 Å². The fourth-order valence-electron chi connectivity index (χ4n) is 1.78. The summed E-state index contributed by atoms with van der Waals surface area (Å²) in [5.74, 6) is -0.587. The highest BCUT2D eigenvalue weighted by molar-refractivity contribution is 6.35. The van der Waals surface area contributed by atoms with E-state index in [1.165, 1.54) is 18.2 Å². The van der Waals surface area contributed by atoms with E-state index in [0.717, 1.165) is 18.2 Å². The SMILES string of the molecule is O=[N+]([O-])c1ccc(OC(F)(F)F)c(-c2cc(Cl)cc(Cl)c2)c1. The Morgan fingerprint density at radius 2 is 1.64 bits per heavy atom. The summed E-state index contributed by atoms with van der Waals surface area (Å²) in [5.41, 5.74) is -0.364. The second-order valence-corrected chi connectivity index (χ2v) is 5.02. The van der Waals surface area contributed by atoms with Gasteiger partial charge in [0.05, 0.1) is 4.92 Å². The number of benzene rings is 2. The minimum absolute atomic E-state index is 0.143. The zero-order valence-electron chi connectivity index (χ0n) is 10.5. The lowest BCUT2D eigenvalue weighted by Gasteiger charge is -2.13. The molecule has 0 saturated heterocycles. The predicted molar refractivity (Wildman–Crippen MR) is 75.2 cm³/mol. The van der Waals surface area contributed by atoms with E-state index in [1.807, 2.05) is 0 Å². The highest BCUT2D eigenvalue weighted by Gasteiger charge is 2.32. The lowest BCUT2D eigenvalue weighted by atomic mass is 10.0. The maximum Gasteiger partial charge on any atom is 0.573 e. The molecule has 0 saturated carbocycles. The molecule has 0 unspecified atom stereocenters. The molecule has 0 N–H and O–H groups in total. The molecule has 0 aliphatic carbocycles. The first kappa shape index (κ1) is 16.4. The lowest BCUT2D eigenvalue weighted by molar-refractivity contribution is -0.384. The zero-order valence-corrected chi connectivity index (χ0v) is 12.0. The Hall–Kier alpha value is -1.99. The van der Waals surface area contributed by atoms with Crippen molar-refractivity contribution in [3.05, 3.63) is 56.6 Å². The molecule has 0 aliphatic rings. The van der Waals surface area contributed by atoms with Gasteiger partial charge in [-0.05, 0) is 29.8 Å². The van der Waals surface area contributed by atoms with Crippen molar-refractivity contribution in [3.63, 3.8) is 0 Å². The molecule has 0 spiro atoms. The second kappa shape index (κ2) is 6.02. The Kier molecular flexibility index (Phi) is 4.48. The van der Waals surface area contributed by atoms with Gasteiger partial charge in [0.2, 0.25) is 0 Å². The van der Waals surface area contributed by atoms with Crippen LogP contribution in [0.3, 0.4) is 0 Å². The third kappa shape index (κ3) is 4.02. The number of halogens is 5. The van der Waals surface area contributed by atoms with Crippen LogP contribution >= 0.6 is 23.2 Å². The number of ether oxygens (including phenoxy) is 1. The fourth-order valence-corrected chi connectivity index (χ4v) is 2.31. The van der Waals surface area contributed by atoms with Gasteiger partial charge in [0.15, 0.2) is 0 Å². The first-order chi connectivity index (χ1) is 10.2. The van der Waals surface area contributed by atoms with Crippen molar-refractivity contribution in [2.45, 2.75) is 6.36 Å². The number of hydrogen-bond acceptors (Lipinski definition) is 3. The van der Waals surface area contributed by atoms with Crippen LogP contribution in [0.5, 0.6) is 5.75 Å². The van der Waals surface area contributed by atoms with Crippen LogP contribution in [0.15, 0.2) is 36.4 Å². The summed E-state index contributed by atoms with van der Waals surface area (Å²) in [5, 5.41) is 11.2. The number of alkyl halides is 3. The molecule has 0 aliphatic heterocycles. The number of nitro benzene ring substituents is 1. The van der Waals surface area contributed by atoms with Gasteiger partial charge in [0, 0.05) is 27.7 Å². The Morgan fingerprint density at radius 1 is 1.05 bits per heavy atom. The minimum Gasteiger partial charge on any atom is -0.405 e. The van der Waals surface area contributed by atoms with E-state index in [1.54, 1.807) is 0 Å². The van der Waals surface area contributed by atoms with E-state index in [-0.39, 0.29) is 26.9 Å². The molecule has 0 bridgehead atoms. The molecule has 4 nitrogen and oxygen atoms in total. The topological polar surface area (TPSA) is 52.4 Å². The zero-order chi connectivity index (χ0) is 16.5. The number of non-ortho nitro benzene ring substituents is 1. The van der Waals surface area contributed by atoms with Crippen molar-refractivity contribution in [3.8, 4) is 16.9 Å². The van der Waals surface area contributed by atoms with Gasteiger partial charge < -0.3 is 4.74 Å². The molecule has 0 atom stereocenters. The van der Waals surface area contributed by atoms with Crippen LogP contribution in [-0.4, -0.2) is 11.3 Å². The molecular formula is C13H6Cl2F3NO3. The van der Waals surface area contributed by atoms with Crippen LogP contribution in [0.25, 0.3) is 11.1 Å². The summed E-state index contributed by atoms with van der Waals surface area (Å²) in [6, 6.07) is 6.79. The minimum atomic E-state index is -4.94. The van der Waals surface area contributed by atoms with Crippen LogP contribution in [0.1, 0.15) is 0 Å². The predicted octanol–water partition coefficient (Wildman–Crippen LogP) is 5.47. The summed E-state index contributed by atoms with van der Waals surface area (Å²) in [6.07, 6.45) is -4.94. The monoisotopic (exact) mass is 351 g/mol. The Bertz CT molecular complexity index is 715. The number of nitrogens with zero attached hydrogens (tertiary/aromatic N) is 1. The Labute approximate surface area is 132 Å². The van der Waals surface area contributed by atoms with Crippen molar-refractivity contribution in [2.24, 2.45) is 0 Å². The second-order valence-electron chi connectivity index (χ2n) is 4.14. The molecule has 0 fully saturated rings. The summed E-state index contributed by atoms with van der Waals surface area (Å²) in [4.78, 5) is 10.1. The molecule has 116 valence electrons. The summed E-state index contributed by atoms with van der Waals surface area (Å²) in [6.45, 7) is 0. The molecule has 2 aromatic rings. The van der Waals surface area contributed by atoms with Gasteiger partial charge >= 0.3 is 6.36 Å². The van der Waals surface area contributed by atoms with Crippen molar-refractivity contribution < 1.29 is 22.8 Å². The highest BCUT2D eigenvalue weighted by Crippen LogP contribution is 2.38. The van der Waals surface area contributed by atoms with E-state index in [2.05, 4.69) is 4.74 Å². The maximum atomic E-state index is 12.4. The molecular weight excluding hydrogens is 346 g/mol. The molecule has 0 heterocycles. The van der Waals surface area contributed by atoms with E-state index in [4.69, 9.17) is 23.2 Å². The summed E-state index contributed by atoms with van der Waals surface area (Å²) < 4.78 is 41.2. The van der Waals surface area contributed by atoms with E-state index in [0.29, 0.717) is 0 Å². The molecule has 0 aromatic heterocycles. The average Bonchev–Trinajstić information content (AvgIpc) is 2.35. The van der Waals surface area contributed by atoms with Crippen LogP contribution in [0, 0.1) is 10.1 Å². The summed E-state index contributed by atoms with van der Waals surface area (Å²) >= 11 is 11.6. The van der Waals surface area contributed by atoms with Crippen LogP contribution in [0.4, 0.5) is 18.9 Å². The van der Waals surface area contributed by atoms with Crippen molar-refractivity contribution >= 4 is 28.9 Å². The number of hydrogen-bond donors (Lipinski definition) is 0. The molecule has 0 amide bonds. The third-order valence-electron chi connectivity index (χ3n) is 2.57. The Balaban J connectivity index is 2.63. The van der Waals surface area contributed by atoms with Gasteiger partial charge in [-0.25, -0.2) is 0 Å². The van der Waals surface area contributed by atoms with Gasteiger partial charge in [-0.1, -0.05) is 23.2 Å². The smallest absolute Gasteiger partial charge is 0.405 e. The number of nitro groups is 1. The average molecular weight is 352 g/mol. The van der Waals surface area contributed by atoms with Crippen molar-refractivity contribution in [1.29, 1.82) is 0 Å². The van der Waals surface area contributed by atoms with Gasteiger partial charge in [-0.3, -0.25) is 10.1 Å². The van der Waals surface area contributed by atoms with E-state index in [9.17, 15) is 23.3 Å². The van der Waals surface area contributed by atoms with Crippen LogP contribution < -0.4 is 4.74 Å². The molecule has 0 radical (unpaired) electrons. The maximum absolute atomic E-state index is 12.4. The molecule has 22 heavy (non-hydrogen) atoms. The van der Waals surface area contributed by atoms with Gasteiger partial charge in [-0.15, -0.1) is 13.2 Å². The van der Waals surface area contributed by atoms with Gasteiger partial charge in [-0.2, -0.15) is 0 Å². The van der Waals surface area contributed by atoms with Crippen LogP contribution in [-0.2, 0) is 0 Å². The standard InChI is InChI=1S/C13H6Cl2F3NO3/c14-8-3-7(4-9(15)5-8)11-6-10(19(20)21)1-2-12(11)22-13(16,17)18/h1-6H. The fraction of sp³-hybridized carbons (Fsp3) is 0.0769. The van der Waals surface area contributed by atoms with E-state index >= 15 is 0 Å². The quantitative estimate of drug-likeness (QED) is 0.544. The lowest BCUT2D eigenvalue weighted by Crippen LogP contribution is -2.17. The molecule has 9 heteroatoms.